The molecule has 0 saturated heterocycles. The molecule has 0 heterocycles. The highest BCUT2D eigenvalue weighted by Crippen LogP contribution is 2.39. The summed E-state index contributed by atoms with van der Waals surface area (Å²) in [4.78, 5) is 0. The zero-order valence-electron chi connectivity index (χ0n) is 12.3. The quantitative estimate of drug-likeness (QED) is 0.734. The predicted octanol–water partition coefficient (Wildman–Crippen LogP) is 4.92. The van der Waals surface area contributed by atoms with Crippen LogP contribution in [0.1, 0.15) is 36.3 Å². The molecule has 0 aromatic heterocycles. The van der Waals surface area contributed by atoms with Crippen LogP contribution in [0.5, 0.6) is 0 Å². The summed E-state index contributed by atoms with van der Waals surface area (Å²) >= 11 is 3.66. The van der Waals surface area contributed by atoms with Gasteiger partial charge >= 0.3 is 0 Å². The fourth-order valence-corrected chi connectivity index (χ4v) is 3.70. The lowest BCUT2D eigenvalue weighted by atomic mass is 9.76. The van der Waals surface area contributed by atoms with Crippen molar-refractivity contribution in [1.82, 2.24) is 5.32 Å². The molecule has 110 valence electrons. The van der Waals surface area contributed by atoms with Crippen molar-refractivity contribution in [3.05, 3.63) is 70.2 Å². The minimum atomic E-state index is 0.706. The Morgan fingerprint density at radius 2 is 1.67 bits per heavy atom. The van der Waals surface area contributed by atoms with Crippen molar-refractivity contribution < 1.29 is 0 Å². The van der Waals surface area contributed by atoms with Gasteiger partial charge in [0.1, 0.15) is 0 Å². The van der Waals surface area contributed by atoms with Crippen LogP contribution in [0.15, 0.2) is 59.1 Å². The zero-order valence-corrected chi connectivity index (χ0v) is 13.9. The second kappa shape index (κ2) is 7.24. The highest BCUT2D eigenvalue weighted by molar-refractivity contribution is 9.10. The van der Waals surface area contributed by atoms with E-state index in [0.29, 0.717) is 6.04 Å². The molecule has 1 aliphatic carbocycles. The van der Waals surface area contributed by atoms with Crippen LogP contribution in [0.4, 0.5) is 0 Å². The zero-order chi connectivity index (χ0) is 14.5. The number of aryl methyl sites for hydroxylation is 1. The third kappa shape index (κ3) is 3.96. The standard InChI is InChI=1S/C19H22BrN/c20-19-11-5-4-10-18(19)16-13-17(14-16)21-12-6-9-15-7-2-1-3-8-15/h1-5,7-8,10-11,16-17,21H,6,9,12-14H2. The minimum Gasteiger partial charge on any atom is -0.314 e. The Bertz CT molecular complexity index is 561. The predicted molar refractivity (Wildman–Crippen MR) is 92.7 cm³/mol. The molecule has 0 bridgehead atoms. The van der Waals surface area contributed by atoms with Crippen molar-refractivity contribution in [1.29, 1.82) is 0 Å². The highest BCUT2D eigenvalue weighted by atomic mass is 79.9. The first kappa shape index (κ1) is 14.8. The first-order valence-electron chi connectivity index (χ1n) is 7.84. The van der Waals surface area contributed by atoms with E-state index in [2.05, 4.69) is 75.8 Å². The third-order valence-corrected chi connectivity index (χ3v) is 5.12. The summed E-state index contributed by atoms with van der Waals surface area (Å²) in [5.74, 6) is 0.729. The van der Waals surface area contributed by atoms with E-state index < -0.39 is 0 Å². The van der Waals surface area contributed by atoms with Gasteiger partial charge in [-0.25, -0.2) is 0 Å². The number of benzene rings is 2. The van der Waals surface area contributed by atoms with Crippen LogP contribution >= 0.6 is 15.9 Å². The summed E-state index contributed by atoms with van der Waals surface area (Å²) in [7, 11) is 0. The molecule has 1 saturated carbocycles. The highest BCUT2D eigenvalue weighted by Gasteiger charge is 2.30. The topological polar surface area (TPSA) is 12.0 Å². The molecule has 0 unspecified atom stereocenters. The van der Waals surface area contributed by atoms with Crippen LogP contribution in [0.3, 0.4) is 0 Å². The maximum Gasteiger partial charge on any atom is 0.0210 e. The smallest absolute Gasteiger partial charge is 0.0210 e. The summed E-state index contributed by atoms with van der Waals surface area (Å²) in [6.45, 7) is 1.13. The van der Waals surface area contributed by atoms with Gasteiger partial charge in [-0.2, -0.15) is 0 Å². The molecule has 1 N–H and O–H groups in total. The van der Waals surface area contributed by atoms with E-state index in [0.717, 1.165) is 12.5 Å². The average Bonchev–Trinajstić information content (AvgIpc) is 2.47. The van der Waals surface area contributed by atoms with Crippen LogP contribution in [-0.4, -0.2) is 12.6 Å². The molecule has 0 radical (unpaired) electrons. The van der Waals surface area contributed by atoms with Gasteiger partial charge in [-0.1, -0.05) is 64.5 Å². The summed E-state index contributed by atoms with van der Waals surface area (Å²) in [5, 5.41) is 3.69. The summed E-state index contributed by atoms with van der Waals surface area (Å²) < 4.78 is 1.26. The van der Waals surface area contributed by atoms with Crippen molar-refractivity contribution in [2.75, 3.05) is 6.54 Å². The van der Waals surface area contributed by atoms with Crippen LogP contribution in [0, 0.1) is 0 Å². The van der Waals surface area contributed by atoms with Crippen molar-refractivity contribution in [3.8, 4) is 0 Å². The molecule has 0 spiro atoms. The Balaban J connectivity index is 1.35. The van der Waals surface area contributed by atoms with Gasteiger partial charge in [0.2, 0.25) is 0 Å². The molecule has 2 heteroatoms. The molecule has 0 atom stereocenters. The second-order valence-electron chi connectivity index (χ2n) is 5.93. The Morgan fingerprint density at radius 3 is 2.43 bits per heavy atom. The second-order valence-corrected chi connectivity index (χ2v) is 6.78. The average molecular weight is 344 g/mol. The van der Waals surface area contributed by atoms with Gasteiger partial charge in [-0.05, 0) is 55.3 Å². The van der Waals surface area contributed by atoms with E-state index in [-0.39, 0.29) is 0 Å². The van der Waals surface area contributed by atoms with E-state index >= 15 is 0 Å². The van der Waals surface area contributed by atoms with E-state index in [1.807, 2.05) is 0 Å². The van der Waals surface area contributed by atoms with Crippen LogP contribution in [0.25, 0.3) is 0 Å². The van der Waals surface area contributed by atoms with Gasteiger partial charge in [0, 0.05) is 10.5 Å². The number of rotatable bonds is 6. The number of hydrogen-bond acceptors (Lipinski definition) is 1. The van der Waals surface area contributed by atoms with Gasteiger partial charge in [0.05, 0.1) is 0 Å². The van der Waals surface area contributed by atoms with E-state index in [1.165, 1.54) is 41.3 Å². The summed E-state index contributed by atoms with van der Waals surface area (Å²) in [6, 6.07) is 20.1. The maximum absolute atomic E-state index is 3.69. The van der Waals surface area contributed by atoms with E-state index in [4.69, 9.17) is 0 Å². The van der Waals surface area contributed by atoms with Crippen LogP contribution in [0.2, 0.25) is 0 Å². The molecular weight excluding hydrogens is 322 g/mol. The van der Waals surface area contributed by atoms with Crippen LogP contribution in [-0.2, 0) is 6.42 Å². The Morgan fingerprint density at radius 1 is 0.952 bits per heavy atom. The number of halogens is 1. The third-order valence-electron chi connectivity index (χ3n) is 4.40. The summed E-state index contributed by atoms with van der Waals surface area (Å²) in [5.41, 5.74) is 2.92. The molecular formula is C19H22BrN. The van der Waals surface area contributed by atoms with Gasteiger partial charge in [-0.3, -0.25) is 0 Å². The number of nitrogens with one attached hydrogen (secondary N) is 1. The molecule has 3 rings (SSSR count). The first-order valence-corrected chi connectivity index (χ1v) is 8.64. The molecule has 2 aromatic carbocycles. The number of hydrogen-bond donors (Lipinski definition) is 1. The van der Waals surface area contributed by atoms with E-state index in [9.17, 15) is 0 Å². The molecule has 2 aromatic rings. The van der Waals surface area contributed by atoms with Gasteiger partial charge < -0.3 is 5.32 Å². The Hall–Kier alpha value is -1.12. The SMILES string of the molecule is Brc1ccccc1C1CC(NCCCc2ccccc2)C1. The van der Waals surface area contributed by atoms with Crippen molar-refractivity contribution in [3.63, 3.8) is 0 Å². The lowest BCUT2D eigenvalue weighted by molar-refractivity contribution is 0.290. The monoisotopic (exact) mass is 343 g/mol. The molecule has 1 nitrogen and oxygen atoms in total. The fourth-order valence-electron chi connectivity index (χ4n) is 3.09. The molecule has 0 amide bonds. The van der Waals surface area contributed by atoms with Gasteiger partial charge in [0.25, 0.3) is 0 Å². The Kier molecular flexibility index (Phi) is 5.10. The van der Waals surface area contributed by atoms with Gasteiger partial charge in [0.15, 0.2) is 0 Å². The maximum atomic E-state index is 3.69. The summed E-state index contributed by atoms with van der Waals surface area (Å²) in [6.07, 6.45) is 4.94. The van der Waals surface area contributed by atoms with Crippen molar-refractivity contribution in [2.45, 2.75) is 37.6 Å². The van der Waals surface area contributed by atoms with Crippen molar-refractivity contribution >= 4 is 15.9 Å². The Labute approximate surface area is 135 Å². The molecule has 1 aliphatic rings. The lowest BCUT2D eigenvalue weighted by Gasteiger charge is -2.37. The molecule has 0 aliphatic heterocycles. The molecule has 21 heavy (non-hydrogen) atoms. The van der Waals surface area contributed by atoms with E-state index in [1.54, 1.807) is 0 Å². The fraction of sp³-hybridized carbons (Fsp3) is 0.368. The van der Waals surface area contributed by atoms with Crippen LogP contribution < -0.4 is 5.32 Å². The minimum absolute atomic E-state index is 0.706. The largest absolute Gasteiger partial charge is 0.314 e. The van der Waals surface area contributed by atoms with Crippen molar-refractivity contribution in [2.24, 2.45) is 0 Å². The lowest BCUT2D eigenvalue weighted by Crippen LogP contribution is -2.40. The molecule has 1 fully saturated rings. The van der Waals surface area contributed by atoms with Gasteiger partial charge in [-0.15, -0.1) is 0 Å². The normalized spacial score (nSPS) is 21.0. The first-order chi connectivity index (χ1) is 10.3.